The van der Waals surface area contributed by atoms with Crippen LogP contribution in [0.15, 0.2) is 59.5 Å². The van der Waals surface area contributed by atoms with Crippen molar-refractivity contribution in [3.63, 3.8) is 0 Å². The first-order chi connectivity index (χ1) is 22.1. The number of allylic oxidation sites excluding steroid dienone is 1. The van der Waals surface area contributed by atoms with Crippen molar-refractivity contribution in [2.75, 3.05) is 0 Å². The number of ketones is 1. The molecule has 1 unspecified atom stereocenters. The molecule has 1 N–H and O–H groups in total. The Labute approximate surface area is 272 Å². The van der Waals surface area contributed by atoms with Crippen LogP contribution in [-0.4, -0.2) is 67.5 Å². The fraction of sp³-hybridized carbons (Fsp3) is 0.406. The van der Waals surface area contributed by atoms with Gasteiger partial charge in [-0.15, -0.1) is 11.3 Å². The molecule has 0 bridgehead atoms. The molecule has 0 amide bonds. The van der Waals surface area contributed by atoms with Crippen molar-refractivity contribution in [1.29, 1.82) is 0 Å². The van der Waals surface area contributed by atoms with E-state index in [9.17, 15) is 31.7 Å². The highest BCUT2D eigenvalue weighted by atomic mass is 32.2. The lowest BCUT2D eigenvalue weighted by Gasteiger charge is -2.53. The molecule has 0 aliphatic heterocycles. The van der Waals surface area contributed by atoms with Gasteiger partial charge in [0.15, 0.2) is 10.0 Å². The van der Waals surface area contributed by atoms with Crippen molar-refractivity contribution >= 4 is 38.8 Å². The second kappa shape index (κ2) is 10.9. The van der Waals surface area contributed by atoms with E-state index < -0.39 is 49.4 Å². The van der Waals surface area contributed by atoms with Crippen molar-refractivity contribution in [2.45, 2.75) is 74.3 Å². The third-order valence-corrected chi connectivity index (χ3v) is 12.7. The van der Waals surface area contributed by atoms with Gasteiger partial charge >= 0.3 is 6.18 Å². The number of carbonyl (C=O) groups excluding carboxylic acids is 1. The Balaban J connectivity index is 1.33. The summed E-state index contributed by atoms with van der Waals surface area (Å²) >= 11 is 0.316. The Kier molecular flexibility index (Phi) is 7.43. The number of rotatable bonds is 7. The Morgan fingerprint density at radius 3 is 2.49 bits per heavy atom. The Morgan fingerprint density at radius 2 is 1.87 bits per heavy atom. The standard InChI is InChI=1S/C32H32F4N6O3S2/c1-30(44)14-24(15-30)42(47(3,45)27-10-11-40(2)39-27)23-7-4-20-12-25-19(17-38-41(25)22-8-5-21(33)6-9-22)13-31(20,16-23)28(43)29-37-18-26(46-29)32(34,35)36/h5-6,8-12,17-18,23-24,44H,3-4,7,13-16H2,1-2H3/t23-,24?,30?,31-,47?/m0/s1. The van der Waals surface area contributed by atoms with E-state index in [1.54, 1.807) is 53.6 Å². The second-order valence-electron chi connectivity index (χ2n) is 13.0. The summed E-state index contributed by atoms with van der Waals surface area (Å²) in [5, 5.41) is 19.6. The number of aromatic nitrogens is 5. The van der Waals surface area contributed by atoms with Crippen molar-refractivity contribution in [1.82, 2.24) is 28.9 Å². The molecule has 3 aromatic heterocycles. The maximum Gasteiger partial charge on any atom is 0.427 e. The molecule has 47 heavy (non-hydrogen) atoms. The van der Waals surface area contributed by atoms with Crippen LogP contribution in [0.1, 0.15) is 65.0 Å². The van der Waals surface area contributed by atoms with Crippen LogP contribution in [0.4, 0.5) is 17.6 Å². The molecule has 7 rings (SSSR count). The van der Waals surface area contributed by atoms with Gasteiger partial charge in [-0.1, -0.05) is 5.57 Å². The van der Waals surface area contributed by atoms with Crippen LogP contribution in [-0.2, 0) is 29.4 Å². The number of hydrogen-bond acceptors (Lipinski definition) is 7. The predicted molar refractivity (Wildman–Crippen MR) is 169 cm³/mol. The molecule has 15 heteroatoms. The summed E-state index contributed by atoms with van der Waals surface area (Å²) in [4.78, 5) is 17.6. The lowest BCUT2D eigenvalue weighted by molar-refractivity contribution is -0.134. The Morgan fingerprint density at radius 1 is 1.15 bits per heavy atom. The highest BCUT2D eigenvalue weighted by molar-refractivity contribution is 7.98. The zero-order valence-electron chi connectivity index (χ0n) is 25.6. The predicted octanol–water partition coefficient (Wildman–Crippen LogP) is 5.49. The minimum absolute atomic E-state index is 0.129. The third kappa shape index (κ3) is 5.46. The molecular weight excluding hydrogens is 657 g/mol. The molecule has 2 fully saturated rings. The number of thiazole rings is 1. The number of nitrogens with zero attached hydrogens (tertiary/aromatic N) is 6. The minimum Gasteiger partial charge on any atom is -0.390 e. The monoisotopic (exact) mass is 688 g/mol. The van der Waals surface area contributed by atoms with Crippen molar-refractivity contribution in [3.8, 4) is 5.69 Å². The summed E-state index contributed by atoms with van der Waals surface area (Å²) in [5.74, 6) is 3.20. The molecule has 3 heterocycles. The molecule has 3 aliphatic carbocycles. The molecule has 0 spiro atoms. The zero-order chi connectivity index (χ0) is 33.5. The van der Waals surface area contributed by atoms with Gasteiger partial charge in [-0.25, -0.2) is 22.6 Å². The van der Waals surface area contributed by atoms with Crippen LogP contribution in [0.5, 0.6) is 0 Å². The SMILES string of the molecule is C=S(=O)(c1ccn(C)n1)N(C1CC(C)(O)C1)[C@H]1CCC2=Cc3c(cnn3-c3ccc(F)cc3)C[C@]2(C(=O)c2ncc(C(F)(F)F)s2)C1. The topological polar surface area (TPSA) is 106 Å². The van der Waals surface area contributed by atoms with Crippen LogP contribution in [0.25, 0.3) is 11.8 Å². The van der Waals surface area contributed by atoms with Crippen LogP contribution in [0.3, 0.4) is 0 Å². The number of Topliss-reactive ketones (excluding diaryl/α,β-unsaturated/α-hetero) is 1. The number of halogens is 4. The van der Waals surface area contributed by atoms with Crippen LogP contribution >= 0.6 is 11.3 Å². The number of hydrogen-bond donors (Lipinski definition) is 1. The van der Waals surface area contributed by atoms with Crippen LogP contribution < -0.4 is 0 Å². The van der Waals surface area contributed by atoms with Gasteiger partial charge in [0.1, 0.15) is 10.7 Å². The first kappa shape index (κ1) is 31.9. The van der Waals surface area contributed by atoms with E-state index in [4.69, 9.17) is 0 Å². The normalized spacial score (nSPS) is 27.0. The van der Waals surface area contributed by atoms with Crippen molar-refractivity contribution in [2.24, 2.45) is 12.5 Å². The number of aliphatic hydroxyl groups is 1. The average molecular weight is 689 g/mol. The fourth-order valence-electron chi connectivity index (χ4n) is 7.39. The van der Waals surface area contributed by atoms with E-state index in [0.717, 1.165) is 0 Å². The first-order valence-electron chi connectivity index (χ1n) is 15.1. The van der Waals surface area contributed by atoms with E-state index >= 15 is 0 Å². The summed E-state index contributed by atoms with van der Waals surface area (Å²) in [6, 6.07) is 6.66. The van der Waals surface area contributed by atoms with Gasteiger partial charge in [0.25, 0.3) is 0 Å². The maximum absolute atomic E-state index is 14.6. The lowest BCUT2D eigenvalue weighted by Crippen LogP contribution is -2.60. The largest absolute Gasteiger partial charge is 0.427 e. The van der Waals surface area contributed by atoms with E-state index in [1.165, 1.54) is 16.8 Å². The lowest BCUT2D eigenvalue weighted by atomic mass is 9.60. The molecule has 0 radical (unpaired) electrons. The minimum atomic E-state index is -4.66. The summed E-state index contributed by atoms with van der Waals surface area (Å²) < 4.78 is 74.2. The van der Waals surface area contributed by atoms with Gasteiger partial charge in [-0.3, -0.25) is 9.48 Å². The number of benzene rings is 1. The smallest absolute Gasteiger partial charge is 0.390 e. The second-order valence-corrected chi connectivity index (χ2v) is 16.2. The summed E-state index contributed by atoms with van der Waals surface area (Å²) in [6.45, 7) is 1.71. The number of carbonyl (C=O) groups is 1. The van der Waals surface area contributed by atoms with Crippen LogP contribution in [0, 0.1) is 11.2 Å². The number of aryl methyl sites for hydroxylation is 1. The van der Waals surface area contributed by atoms with Gasteiger partial charge in [-0.05, 0) is 93.3 Å². The Bertz CT molecular complexity index is 2000. The molecule has 1 aromatic carbocycles. The van der Waals surface area contributed by atoms with E-state index in [0.29, 0.717) is 65.7 Å². The third-order valence-electron chi connectivity index (χ3n) is 9.55. The van der Waals surface area contributed by atoms with Gasteiger partial charge < -0.3 is 5.11 Å². The molecular formula is C32H32F4N6O3S2. The van der Waals surface area contributed by atoms with E-state index in [1.807, 2.05) is 6.08 Å². The number of alkyl halides is 3. The summed E-state index contributed by atoms with van der Waals surface area (Å²) in [6.07, 6.45) is 2.97. The van der Waals surface area contributed by atoms with E-state index in [-0.39, 0.29) is 28.9 Å². The Hall–Kier alpha value is -3.66. The molecule has 248 valence electrons. The van der Waals surface area contributed by atoms with Gasteiger partial charge in [0.2, 0.25) is 5.78 Å². The first-order valence-corrected chi connectivity index (χ1v) is 17.6. The molecule has 2 saturated carbocycles. The summed E-state index contributed by atoms with van der Waals surface area (Å²) in [7, 11) is -1.50. The average Bonchev–Trinajstić information content (AvgIpc) is 3.75. The highest BCUT2D eigenvalue weighted by Gasteiger charge is 2.55. The molecule has 3 aliphatic rings. The van der Waals surface area contributed by atoms with Gasteiger partial charge in [-0.2, -0.15) is 23.4 Å². The fourth-order valence-corrected chi connectivity index (χ4v) is 10.3. The van der Waals surface area contributed by atoms with Crippen LogP contribution in [0.2, 0.25) is 0 Å². The highest BCUT2D eigenvalue weighted by Crippen LogP contribution is 2.53. The quantitative estimate of drug-likeness (QED) is 0.157. The van der Waals surface area contributed by atoms with Gasteiger partial charge in [0, 0.05) is 25.3 Å². The van der Waals surface area contributed by atoms with E-state index in [2.05, 4.69) is 21.1 Å². The molecule has 9 nitrogen and oxygen atoms in total. The molecule has 3 atom stereocenters. The zero-order valence-corrected chi connectivity index (χ0v) is 27.2. The molecule has 0 saturated heterocycles. The molecule has 4 aromatic rings. The number of fused-ring (bicyclic) bond motifs is 2. The summed E-state index contributed by atoms with van der Waals surface area (Å²) in [5.41, 5.74) is 0.453. The maximum atomic E-state index is 14.6. The van der Waals surface area contributed by atoms with Crippen molar-refractivity contribution < 1.29 is 31.7 Å². The van der Waals surface area contributed by atoms with Gasteiger partial charge in [0.05, 0.1) is 44.5 Å². The van der Waals surface area contributed by atoms with Crippen molar-refractivity contribution in [3.05, 3.63) is 81.5 Å².